The van der Waals surface area contributed by atoms with E-state index >= 15 is 0 Å². The third-order valence-corrected chi connectivity index (χ3v) is 3.33. The van der Waals surface area contributed by atoms with Gasteiger partial charge in [-0.2, -0.15) is 14.9 Å². The fourth-order valence-corrected chi connectivity index (χ4v) is 2.18. The Morgan fingerprint density at radius 1 is 1.30 bits per heavy atom. The number of nitrogens with one attached hydrogen (secondary N) is 1. The normalized spacial score (nSPS) is 11.0. The molecule has 0 aliphatic carbocycles. The van der Waals surface area contributed by atoms with Crippen molar-refractivity contribution < 1.29 is 14.2 Å². The van der Waals surface area contributed by atoms with Crippen LogP contribution in [0.25, 0.3) is 0 Å². The summed E-state index contributed by atoms with van der Waals surface area (Å²) in [6.07, 6.45) is 2.56. The van der Waals surface area contributed by atoms with Crippen molar-refractivity contribution in [1.82, 2.24) is 14.9 Å². The molecule has 1 aromatic heterocycles. The van der Waals surface area contributed by atoms with E-state index in [0.717, 1.165) is 12.0 Å². The summed E-state index contributed by atoms with van der Waals surface area (Å²) in [5, 5.41) is 11.0. The molecule has 0 aliphatic heterocycles. The molecule has 0 saturated carbocycles. The lowest BCUT2D eigenvalue weighted by Crippen LogP contribution is -2.02. The summed E-state index contributed by atoms with van der Waals surface area (Å²) >= 11 is 5.12. The standard InChI is InChI=1S/C15H20N4O3S/c1-5-6-22-14-12(20-3)7-11(8-13(14)21-4)9-16-19-10(2)17-18-15(19)23/h7-9H,5-6H2,1-4H3,(H,18,23)/b16-9-. The third kappa shape index (κ3) is 3.89. The zero-order valence-electron chi connectivity index (χ0n) is 13.6. The summed E-state index contributed by atoms with van der Waals surface area (Å²) in [6, 6.07) is 3.66. The molecule has 0 unspecified atom stereocenters. The molecular weight excluding hydrogens is 316 g/mol. The molecule has 0 amide bonds. The van der Waals surface area contributed by atoms with E-state index in [1.54, 1.807) is 20.4 Å². The molecule has 124 valence electrons. The SMILES string of the molecule is CCCOc1c(OC)cc(/C=N\n2c(C)n[nH]c2=S)cc1OC. The van der Waals surface area contributed by atoms with Crippen LogP contribution in [0.2, 0.25) is 0 Å². The second kappa shape index (κ2) is 7.77. The highest BCUT2D eigenvalue weighted by Gasteiger charge is 2.13. The van der Waals surface area contributed by atoms with Gasteiger partial charge in [0.05, 0.1) is 27.0 Å². The number of aryl methyl sites for hydroxylation is 1. The van der Waals surface area contributed by atoms with Crippen molar-refractivity contribution in [1.29, 1.82) is 0 Å². The van der Waals surface area contributed by atoms with Gasteiger partial charge in [-0.05, 0) is 37.7 Å². The highest BCUT2D eigenvalue weighted by Crippen LogP contribution is 2.38. The van der Waals surface area contributed by atoms with Crippen LogP contribution in [-0.4, -0.2) is 41.9 Å². The van der Waals surface area contributed by atoms with Crippen LogP contribution in [0.15, 0.2) is 17.2 Å². The smallest absolute Gasteiger partial charge is 0.216 e. The van der Waals surface area contributed by atoms with Crippen LogP contribution in [0.3, 0.4) is 0 Å². The molecule has 8 heteroatoms. The van der Waals surface area contributed by atoms with Gasteiger partial charge in [0, 0.05) is 5.56 Å². The summed E-state index contributed by atoms with van der Waals surface area (Å²) in [5.41, 5.74) is 0.796. The molecule has 23 heavy (non-hydrogen) atoms. The molecule has 0 spiro atoms. The van der Waals surface area contributed by atoms with E-state index in [2.05, 4.69) is 15.3 Å². The van der Waals surface area contributed by atoms with Crippen molar-refractivity contribution in [2.45, 2.75) is 20.3 Å². The number of ether oxygens (including phenoxy) is 3. The molecule has 2 aromatic rings. The number of aromatic nitrogens is 3. The van der Waals surface area contributed by atoms with Gasteiger partial charge >= 0.3 is 0 Å². The molecule has 0 radical (unpaired) electrons. The van der Waals surface area contributed by atoms with E-state index in [0.29, 0.717) is 34.5 Å². The number of H-pyrrole nitrogens is 1. The van der Waals surface area contributed by atoms with Crippen molar-refractivity contribution in [3.05, 3.63) is 28.3 Å². The number of hydrogen-bond donors (Lipinski definition) is 1. The van der Waals surface area contributed by atoms with Gasteiger partial charge in [0.25, 0.3) is 0 Å². The molecule has 1 heterocycles. The second-order valence-electron chi connectivity index (χ2n) is 4.74. The van der Waals surface area contributed by atoms with Crippen LogP contribution in [0.1, 0.15) is 24.7 Å². The first-order valence-corrected chi connectivity index (χ1v) is 7.58. The Labute approximate surface area is 139 Å². The van der Waals surface area contributed by atoms with Gasteiger partial charge < -0.3 is 14.2 Å². The summed E-state index contributed by atoms with van der Waals surface area (Å²) in [7, 11) is 3.18. The second-order valence-corrected chi connectivity index (χ2v) is 5.12. The van der Waals surface area contributed by atoms with Gasteiger partial charge in [-0.1, -0.05) is 6.92 Å². The molecule has 0 fully saturated rings. The minimum Gasteiger partial charge on any atom is -0.493 e. The highest BCUT2D eigenvalue weighted by atomic mass is 32.1. The first kappa shape index (κ1) is 17.0. The predicted octanol–water partition coefficient (Wildman–Crippen LogP) is 2.94. The van der Waals surface area contributed by atoms with Gasteiger partial charge in [-0.15, -0.1) is 0 Å². The van der Waals surface area contributed by atoms with E-state index in [1.165, 1.54) is 4.68 Å². The number of rotatable bonds is 7. The minimum atomic E-state index is 0.431. The fraction of sp³-hybridized carbons (Fsp3) is 0.400. The number of benzene rings is 1. The maximum atomic E-state index is 5.71. The van der Waals surface area contributed by atoms with Crippen molar-refractivity contribution >= 4 is 18.4 Å². The highest BCUT2D eigenvalue weighted by molar-refractivity contribution is 7.71. The molecule has 7 nitrogen and oxygen atoms in total. The molecule has 0 saturated heterocycles. The summed E-state index contributed by atoms with van der Waals surface area (Å²) < 4.78 is 18.5. The van der Waals surface area contributed by atoms with Gasteiger partial charge in [0.15, 0.2) is 11.5 Å². The lowest BCUT2D eigenvalue weighted by Gasteiger charge is -2.14. The molecule has 1 N–H and O–H groups in total. The van der Waals surface area contributed by atoms with Gasteiger partial charge in [0.1, 0.15) is 5.82 Å². The van der Waals surface area contributed by atoms with Crippen LogP contribution in [0.5, 0.6) is 17.2 Å². The van der Waals surface area contributed by atoms with Gasteiger partial charge in [0.2, 0.25) is 10.5 Å². The molecule has 0 bridgehead atoms. The average Bonchev–Trinajstić information content (AvgIpc) is 2.88. The van der Waals surface area contributed by atoms with Crippen LogP contribution < -0.4 is 14.2 Å². The van der Waals surface area contributed by atoms with Crippen molar-refractivity contribution in [3.63, 3.8) is 0 Å². The Balaban J connectivity index is 2.38. The Hall–Kier alpha value is -2.35. The lowest BCUT2D eigenvalue weighted by molar-refractivity contribution is 0.275. The predicted molar refractivity (Wildman–Crippen MR) is 90.5 cm³/mol. The zero-order chi connectivity index (χ0) is 16.8. The summed E-state index contributed by atoms with van der Waals surface area (Å²) in [5.74, 6) is 2.44. The zero-order valence-corrected chi connectivity index (χ0v) is 14.4. The number of methoxy groups -OCH3 is 2. The molecule has 0 aliphatic rings. The molecule has 0 atom stereocenters. The first-order valence-electron chi connectivity index (χ1n) is 7.17. The van der Waals surface area contributed by atoms with Crippen molar-refractivity contribution in [2.75, 3.05) is 20.8 Å². The maximum absolute atomic E-state index is 5.71. The number of nitrogens with zero attached hydrogens (tertiary/aromatic N) is 3. The van der Waals surface area contributed by atoms with Crippen molar-refractivity contribution in [2.24, 2.45) is 5.10 Å². The van der Waals surface area contributed by atoms with E-state index in [9.17, 15) is 0 Å². The number of hydrogen-bond acceptors (Lipinski definition) is 6. The third-order valence-electron chi connectivity index (χ3n) is 3.07. The van der Waals surface area contributed by atoms with E-state index in [-0.39, 0.29) is 0 Å². The Bertz CT molecular complexity index is 726. The largest absolute Gasteiger partial charge is 0.493 e. The fourth-order valence-electron chi connectivity index (χ4n) is 1.95. The van der Waals surface area contributed by atoms with E-state index < -0.39 is 0 Å². The van der Waals surface area contributed by atoms with Crippen molar-refractivity contribution in [3.8, 4) is 17.2 Å². The average molecular weight is 336 g/mol. The summed E-state index contributed by atoms with van der Waals surface area (Å²) in [4.78, 5) is 0. The quantitative estimate of drug-likeness (QED) is 0.621. The van der Waals surface area contributed by atoms with E-state index in [1.807, 2.05) is 26.0 Å². The Morgan fingerprint density at radius 3 is 2.43 bits per heavy atom. The first-order chi connectivity index (χ1) is 11.1. The lowest BCUT2D eigenvalue weighted by atomic mass is 10.2. The molecular formula is C15H20N4O3S. The molecule has 2 rings (SSSR count). The summed E-state index contributed by atoms with van der Waals surface area (Å²) in [6.45, 7) is 4.44. The van der Waals surface area contributed by atoms with Crippen LogP contribution in [-0.2, 0) is 0 Å². The van der Waals surface area contributed by atoms with Gasteiger partial charge in [-0.25, -0.2) is 0 Å². The molecule has 1 aromatic carbocycles. The minimum absolute atomic E-state index is 0.431. The van der Waals surface area contributed by atoms with E-state index in [4.69, 9.17) is 26.4 Å². The topological polar surface area (TPSA) is 73.7 Å². The Kier molecular flexibility index (Phi) is 5.75. The maximum Gasteiger partial charge on any atom is 0.216 e. The van der Waals surface area contributed by atoms with Crippen LogP contribution in [0.4, 0.5) is 0 Å². The Morgan fingerprint density at radius 2 is 1.96 bits per heavy atom. The van der Waals surface area contributed by atoms with Gasteiger partial charge in [-0.3, -0.25) is 5.10 Å². The van der Waals surface area contributed by atoms with Crippen LogP contribution in [0, 0.1) is 11.7 Å². The van der Waals surface area contributed by atoms with Crippen LogP contribution >= 0.6 is 12.2 Å². The monoisotopic (exact) mass is 336 g/mol. The number of aromatic amines is 1.